The standard InChI is InChI=1S/C23H23FN4O2/c1-30-18-10-8-17(9-11-18)27-13-15-28(16-14-27)23(29)19-5-4-12-25-22(19)26-21-7-3-2-6-20(21)24/h2-12H,13-16H2,1H3,(H,25,26). The Labute approximate surface area is 174 Å². The number of para-hydroxylation sites is 1. The largest absolute Gasteiger partial charge is 0.497 e. The first-order valence-electron chi connectivity index (χ1n) is 9.80. The molecule has 1 saturated heterocycles. The highest BCUT2D eigenvalue weighted by molar-refractivity contribution is 5.99. The van der Waals surface area contributed by atoms with E-state index < -0.39 is 5.82 Å². The van der Waals surface area contributed by atoms with Gasteiger partial charge in [-0.3, -0.25) is 4.79 Å². The van der Waals surface area contributed by atoms with Crippen LogP contribution in [0.2, 0.25) is 0 Å². The Morgan fingerprint density at radius 2 is 1.73 bits per heavy atom. The first-order valence-corrected chi connectivity index (χ1v) is 9.80. The molecule has 1 aliphatic rings. The number of pyridine rings is 1. The number of piperazine rings is 1. The number of hydrogen-bond donors (Lipinski definition) is 1. The predicted molar refractivity (Wildman–Crippen MR) is 115 cm³/mol. The summed E-state index contributed by atoms with van der Waals surface area (Å²) in [4.78, 5) is 21.5. The van der Waals surface area contributed by atoms with E-state index in [2.05, 4.69) is 15.2 Å². The number of benzene rings is 2. The van der Waals surface area contributed by atoms with Gasteiger partial charge in [0, 0.05) is 38.1 Å². The van der Waals surface area contributed by atoms with Gasteiger partial charge in [0.05, 0.1) is 18.4 Å². The first-order chi connectivity index (χ1) is 14.7. The van der Waals surface area contributed by atoms with Gasteiger partial charge in [0.1, 0.15) is 17.4 Å². The van der Waals surface area contributed by atoms with Crippen LogP contribution in [0.1, 0.15) is 10.4 Å². The van der Waals surface area contributed by atoms with Crippen LogP contribution in [0.5, 0.6) is 5.75 Å². The number of halogens is 1. The van der Waals surface area contributed by atoms with Crippen LogP contribution in [0.15, 0.2) is 66.9 Å². The van der Waals surface area contributed by atoms with Crippen LogP contribution in [0.25, 0.3) is 0 Å². The maximum atomic E-state index is 14.0. The fourth-order valence-electron chi connectivity index (χ4n) is 3.50. The fourth-order valence-corrected chi connectivity index (χ4v) is 3.50. The second-order valence-corrected chi connectivity index (χ2v) is 6.98. The Hall–Kier alpha value is -3.61. The highest BCUT2D eigenvalue weighted by atomic mass is 19.1. The SMILES string of the molecule is COc1ccc(N2CCN(C(=O)c3cccnc3Nc3ccccc3F)CC2)cc1. The van der Waals surface area contributed by atoms with Crippen LogP contribution < -0.4 is 15.0 Å². The molecule has 6 nitrogen and oxygen atoms in total. The van der Waals surface area contributed by atoms with Crippen molar-refractivity contribution in [1.29, 1.82) is 0 Å². The highest BCUT2D eigenvalue weighted by Crippen LogP contribution is 2.24. The van der Waals surface area contributed by atoms with Gasteiger partial charge in [0.15, 0.2) is 0 Å². The molecule has 0 spiro atoms. The molecule has 1 N–H and O–H groups in total. The van der Waals surface area contributed by atoms with Gasteiger partial charge >= 0.3 is 0 Å². The molecule has 1 aromatic heterocycles. The van der Waals surface area contributed by atoms with E-state index in [0.717, 1.165) is 24.5 Å². The molecule has 0 saturated carbocycles. The molecular formula is C23H23FN4O2. The summed E-state index contributed by atoms with van der Waals surface area (Å²) in [6.45, 7) is 2.65. The van der Waals surface area contributed by atoms with Gasteiger partial charge in [-0.05, 0) is 48.5 Å². The Morgan fingerprint density at radius 1 is 1.00 bits per heavy atom. The van der Waals surface area contributed by atoms with E-state index in [9.17, 15) is 9.18 Å². The quantitative estimate of drug-likeness (QED) is 0.696. The molecule has 1 amide bonds. The minimum atomic E-state index is -0.394. The van der Waals surface area contributed by atoms with Crippen molar-refractivity contribution in [3.63, 3.8) is 0 Å². The summed E-state index contributed by atoms with van der Waals surface area (Å²) in [5.74, 6) is 0.662. The van der Waals surface area contributed by atoms with Gasteiger partial charge < -0.3 is 19.9 Å². The van der Waals surface area contributed by atoms with E-state index in [1.54, 1.807) is 43.6 Å². The summed E-state index contributed by atoms with van der Waals surface area (Å²) in [5.41, 5.74) is 1.82. The number of ether oxygens (including phenoxy) is 1. The molecule has 30 heavy (non-hydrogen) atoms. The summed E-state index contributed by atoms with van der Waals surface area (Å²) in [7, 11) is 1.65. The summed E-state index contributed by atoms with van der Waals surface area (Å²) in [6.07, 6.45) is 1.58. The maximum absolute atomic E-state index is 14.0. The number of nitrogens with zero attached hydrogens (tertiary/aromatic N) is 3. The van der Waals surface area contributed by atoms with Gasteiger partial charge in [0.25, 0.3) is 5.91 Å². The molecule has 4 rings (SSSR count). The Bertz CT molecular complexity index is 1020. The van der Waals surface area contributed by atoms with Gasteiger partial charge in [0.2, 0.25) is 0 Å². The second kappa shape index (κ2) is 8.82. The molecule has 2 aromatic carbocycles. The van der Waals surface area contributed by atoms with E-state index in [-0.39, 0.29) is 11.6 Å². The molecule has 0 radical (unpaired) electrons. The smallest absolute Gasteiger partial charge is 0.257 e. The number of nitrogens with one attached hydrogen (secondary N) is 1. The zero-order valence-corrected chi connectivity index (χ0v) is 16.7. The maximum Gasteiger partial charge on any atom is 0.257 e. The number of aromatic nitrogens is 1. The van der Waals surface area contributed by atoms with Gasteiger partial charge in [-0.2, -0.15) is 0 Å². The lowest BCUT2D eigenvalue weighted by molar-refractivity contribution is 0.0747. The van der Waals surface area contributed by atoms with Crippen LogP contribution in [-0.2, 0) is 0 Å². The van der Waals surface area contributed by atoms with Crippen molar-refractivity contribution < 1.29 is 13.9 Å². The van der Waals surface area contributed by atoms with E-state index >= 15 is 0 Å². The van der Waals surface area contributed by atoms with Crippen molar-refractivity contribution in [1.82, 2.24) is 9.88 Å². The number of carbonyl (C=O) groups excluding carboxylic acids is 1. The predicted octanol–water partition coefficient (Wildman–Crippen LogP) is 3.94. The van der Waals surface area contributed by atoms with E-state index in [4.69, 9.17) is 4.74 Å². The third-order valence-corrected chi connectivity index (χ3v) is 5.17. The minimum absolute atomic E-state index is 0.115. The lowest BCUT2D eigenvalue weighted by atomic mass is 10.1. The summed E-state index contributed by atoms with van der Waals surface area (Å²) < 4.78 is 19.2. The fraction of sp³-hybridized carbons (Fsp3) is 0.217. The average molecular weight is 406 g/mol. The van der Waals surface area contributed by atoms with Gasteiger partial charge in [-0.25, -0.2) is 9.37 Å². The Kier molecular flexibility index (Phi) is 5.79. The number of anilines is 3. The second-order valence-electron chi connectivity index (χ2n) is 6.98. The van der Waals surface area contributed by atoms with Gasteiger partial charge in [-0.15, -0.1) is 0 Å². The molecule has 7 heteroatoms. The number of amides is 1. The molecular weight excluding hydrogens is 383 g/mol. The third-order valence-electron chi connectivity index (χ3n) is 5.17. The van der Waals surface area contributed by atoms with Gasteiger partial charge in [-0.1, -0.05) is 12.1 Å². The summed E-state index contributed by atoms with van der Waals surface area (Å²) in [5, 5.41) is 2.95. The van der Waals surface area contributed by atoms with Crippen molar-refractivity contribution in [2.45, 2.75) is 0 Å². The molecule has 3 aromatic rings. The molecule has 0 bridgehead atoms. The molecule has 154 valence electrons. The zero-order valence-electron chi connectivity index (χ0n) is 16.7. The number of methoxy groups -OCH3 is 1. The zero-order chi connectivity index (χ0) is 20.9. The lowest BCUT2D eigenvalue weighted by Crippen LogP contribution is -2.48. The average Bonchev–Trinajstić information content (AvgIpc) is 2.81. The van der Waals surface area contributed by atoms with Crippen LogP contribution in [0, 0.1) is 5.82 Å². The van der Waals surface area contributed by atoms with Crippen molar-refractivity contribution in [2.24, 2.45) is 0 Å². The van der Waals surface area contributed by atoms with Crippen molar-refractivity contribution >= 4 is 23.1 Å². The Morgan fingerprint density at radius 3 is 2.43 bits per heavy atom. The Balaban J connectivity index is 1.45. The summed E-state index contributed by atoms with van der Waals surface area (Å²) >= 11 is 0. The third kappa shape index (κ3) is 4.20. The van der Waals surface area contributed by atoms with Crippen molar-refractivity contribution in [2.75, 3.05) is 43.5 Å². The van der Waals surface area contributed by atoms with Crippen LogP contribution in [0.3, 0.4) is 0 Å². The topological polar surface area (TPSA) is 57.7 Å². The molecule has 1 aliphatic heterocycles. The van der Waals surface area contributed by atoms with Crippen molar-refractivity contribution in [3.8, 4) is 5.75 Å². The molecule has 2 heterocycles. The normalized spacial score (nSPS) is 13.8. The van der Waals surface area contributed by atoms with E-state index in [0.29, 0.717) is 24.5 Å². The molecule has 0 atom stereocenters. The first kappa shape index (κ1) is 19.7. The number of hydrogen-bond acceptors (Lipinski definition) is 5. The lowest BCUT2D eigenvalue weighted by Gasteiger charge is -2.36. The molecule has 1 fully saturated rings. The summed E-state index contributed by atoms with van der Waals surface area (Å²) in [6, 6.07) is 17.7. The molecule has 0 unspecified atom stereocenters. The number of carbonyl (C=O) groups is 1. The highest BCUT2D eigenvalue weighted by Gasteiger charge is 2.24. The van der Waals surface area contributed by atoms with Crippen LogP contribution >= 0.6 is 0 Å². The minimum Gasteiger partial charge on any atom is -0.497 e. The molecule has 0 aliphatic carbocycles. The van der Waals surface area contributed by atoms with Crippen LogP contribution in [-0.4, -0.2) is 49.1 Å². The van der Waals surface area contributed by atoms with E-state index in [1.807, 2.05) is 29.2 Å². The number of rotatable bonds is 5. The van der Waals surface area contributed by atoms with Crippen LogP contribution in [0.4, 0.5) is 21.6 Å². The van der Waals surface area contributed by atoms with E-state index in [1.165, 1.54) is 6.07 Å². The monoisotopic (exact) mass is 406 g/mol. The van der Waals surface area contributed by atoms with Crippen molar-refractivity contribution in [3.05, 3.63) is 78.2 Å².